The average Bonchev–Trinajstić information content (AvgIpc) is 3.37. The van der Waals surface area contributed by atoms with Gasteiger partial charge in [0.05, 0.1) is 17.7 Å². The van der Waals surface area contributed by atoms with Crippen LogP contribution in [0, 0.1) is 0 Å². The standard InChI is InChI=1S/C19H14F3N5O4S/c1-26-15-14(16(29)27(2)18(26)30)12(31-25-15)7-13(28)24-17-23-11(8-32-17)9-4-3-5-10(6-9)19(20,21)22/h3-6,8H,7H2,1-2H3,(H,23,24,28). The number of halogens is 3. The molecule has 0 aliphatic carbocycles. The van der Waals surface area contributed by atoms with Crippen molar-refractivity contribution in [3.63, 3.8) is 0 Å². The van der Waals surface area contributed by atoms with E-state index in [4.69, 9.17) is 4.52 Å². The maximum absolute atomic E-state index is 12.9. The first-order valence-corrected chi connectivity index (χ1v) is 9.91. The Hall–Kier alpha value is -3.74. The van der Waals surface area contributed by atoms with Gasteiger partial charge in [0.25, 0.3) is 5.56 Å². The molecule has 0 saturated carbocycles. The number of benzene rings is 1. The fraction of sp³-hybridized carbons (Fsp3) is 0.211. The van der Waals surface area contributed by atoms with E-state index in [0.29, 0.717) is 0 Å². The zero-order valence-electron chi connectivity index (χ0n) is 16.6. The number of anilines is 1. The molecule has 4 rings (SSSR count). The molecule has 3 heterocycles. The van der Waals surface area contributed by atoms with Gasteiger partial charge in [-0.25, -0.2) is 9.78 Å². The first-order valence-electron chi connectivity index (χ1n) is 9.03. The molecule has 4 aromatic rings. The summed E-state index contributed by atoms with van der Waals surface area (Å²) in [7, 11) is 2.72. The summed E-state index contributed by atoms with van der Waals surface area (Å²) in [6.45, 7) is 0. The van der Waals surface area contributed by atoms with Crippen molar-refractivity contribution in [3.05, 3.63) is 61.8 Å². The number of alkyl halides is 3. The SMILES string of the molecule is Cn1c(=O)c2c(CC(=O)Nc3nc(-c4cccc(C(F)(F)F)c4)cs3)onc2n(C)c1=O. The van der Waals surface area contributed by atoms with Crippen LogP contribution in [0.3, 0.4) is 0 Å². The molecule has 1 aromatic carbocycles. The molecule has 9 nitrogen and oxygen atoms in total. The number of hydrogen-bond acceptors (Lipinski definition) is 7. The van der Waals surface area contributed by atoms with Gasteiger partial charge in [-0.15, -0.1) is 11.3 Å². The van der Waals surface area contributed by atoms with E-state index in [2.05, 4.69) is 15.5 Å². The van der Waals surface area contributed by atoms with Crippen molar-refractivity contribution in [2.75, 3.05) is 5.32 Å². The number of thiazole rings is 1. The lowest BCUT2D eigenvalue weighted by molar-refractivity contribution is -0.137. The fourth-order valence-electron chi connectivity index (χ4n) is 3.08. The second-order valence-corrected chi connectivity index (χ2v) is 7.71. The number of aryl methyl sites for hydroxylation is 1. The number of rotatable bonds is 4. The van der Waals surface area contributed by atoms with Gasteiger partial charge in [0.2, 0.25) is 5.91 Å². The highest BCUT2D eigenvalue weighted by Gasteiger charge is 2.30. The maximum Gasteiger partial charge on any atom is 0.416 e. The summed E-state index contributed by atoms with van der Waals surface area (Å²) in [5.41, 5.74) is -1.50. The highest BCUT2D eigenvalue weighted by Crippen LogP contribution is 2.33. The molecule has 1 N–H and O–H groups in total. The van der Waals surface area contributed by atoms with Gasteiger partial charge in [-0.2, -0.15) is 13.2 Å². The Balaban J connectivity index is 1.55. The van der Waals surface area contributed by atoms with Crippen LogP contribution < -0.4 is 16.6 Å². The normalized spacial score (nSPS) is 11.8. The van der Waals surface area contributed by atoms with Gasteiger partial charge >= 0.3 is 11.9 Å². The third-order valence-corrected chi connectivity index (χ3v) is 5.47. The number of amides is 1. The first kappa shape index (κ1) is 21.5. The predicted molar refractivity (Wildman–Crippen MR) is 109 cm³/mol. The van der Waals surface area contributed by atoms with Crippen LogP contribution in [-0.2, 0) is 31.5 Å². The van der Waals surface area contributed by atoms with Crippen LogP contribution in [0.5, 0.6) is 0 Å². The quantitative estimate of drug-likeness (QED) is 0.496. The molecule has 0 saturated heterocycles. The van der Waals surface area contributed by atoms with Gasteiger partial charge in [-0.05, 0) is 12.1 Å². The molecule has 3 aromatic heterocycles. The zero-order valence-corrected chi connectivity index (χ0v) is 17.4. The molecule has 0 unspecified atom stereocenters. The average molecular weight is 465 g/mol. The lowest BCUT2D eigenvalue weighted by Gasteiger charge is -2.07. The van der Waals surface area contributed by atoms with Gasteiger partial charge in [0.1, 0.15) is 5.39 Å². The van der Waals surface area contributed by atoms with Crippen molar-refractivity contribution in [2.45, 2.75) is 12.6 Å². The number of fused-ring (bicyclic) bond motifs is 1. The molecule has 13 heteroatoms. The van der Waals surface area contributed by atoms with Crippen LogP contribution in [-0.4, -0.2) is 25.2 Å². The molecule has 1 amide bonds. The molecule has 0 bridgehead atoms. The van der Waals surface area contributed by atoms with Crippen molar-refractivity contribution in [3.8, 4) is 11.3 Å². The monoisotopic (exact) mass is 465 g/mol. The van der Waals surface area contributed by atoms with E-state index in [1.165, 1.54) is 31.6 Å². The maximum atomic E-state index is 12.9. The van der Waals surface area contributed by atoms with Crippen molar-refractivity contribution < 1.29 is 22.5 Å². The van der Waals surface area contributed by atoms with Crippen molar-refractivity contribution >= 4 is 33.4 Å². The van der Waals surface area contributed by atoms with Crippen molar-refractivity contribution in [1.29, 1.82) is 0 Å². The molecule has 0 aliphatic rings. The van der Waals surface area contributed by atoms with E-state index in [9.17, 15) is 27.6 Å². The van der Waals surface area contributed by atoms with E-state index >= 15 is 0 Å². The zero-order chi connectivity index (χ0) is 23.2. The highest BCUT2D eigenvalue weighted by atomic mass is 32.1. The van der Waals surface area contributed by atoms with E-state index in [0.717, 1.165) is 32.6 Å². The summed E-state index contributed by atoms with van der Waals surface area (Å²) >= 11 is 1.03. The Morgan fingerprint density at radius 2 is 1.97 bits per heavy atom. The molecular formula is C19H14F3N5O4S. The number of hydrogen-bond donors (Lipinski definition) is 1. The number of nitrogens with one attached hydrogen (secondary N) is 1. The van der Waals surface area contributed by atoms with E-state index in [1.54, 1.807) is 0 Å². The second-order valence-electron chi connectivity index (χ2n) is 6.85. The summed E-state index contributed by atoms with van der Waals surface area (Å²) in [4.78, 5) is 41.0. The number of carbonyl (C=O) groups is 1. The van der Waals surface area contributed by atoms with E-state index < -0.39 is 28.9 Å². The minimum Gasteiger partial charge on any atom is -0.358 e. The highest BCUT2D eigenvalue weighted by molar-refractivity contribution is 7.14. The summed E-state index contributed by atoms with van der Waals surface area (Å²) in [5.74, 6) is -0.604. The molecule has 166 valence electrons. The van der Waals surface area contributed by atoms with Crippen molar-refractivity contribution in [1.82, 2.24) is 19.3 Å². The predicted octanol–water partition coefficient (Wildman–Crippen LogP) is 2.55. The lowest BCUT2D eigenvalue weighted by Crippen LogP contribution is -2.37. The molecule has 0 fully saturated rings. The van der Waals surface area contributed by atoms with Gasteiger partial charge in [0, 0.05) is 25.0 Å². The van der Waals surface area contributed by atoms with Gasteiger partial charge in [0.15, 0.2) is 16.5 Å². The third-order valence-electron chi connectivity index (χ3n) is 4.71. The van der Waals surface area contributed by atoms with E-state index in [1.807, 2.05) is 0 Å². The molecule has 0 aliphatic heterocycles. The van der Waals surface area contributed by atoms with E-state index in [-0.39, 0.29) is 39.6 Å². The van der Waals surface area contributed by atoms with Crippen LogP contribution >= 0.6 is 11.3 Å². The van der Waals surface area contributed by atoms with Crippen LogP contribution in [0.4, 0.5) is 18.3 Å². The molecule has 0 atom stereocenters. The summed E-state index contributed by atoms with van der Waals surface area (Å²) in [6.07, 6.45) is -4.84. The summed E-state index contributed by atoms with van der Waals surface area (Å²) in [5, 5.41) is 7.90. The summed E-state index contributed by atoms with van der Waals surface area (Å²) < 4.78 is 45.9. The Morgan fingerprint density at radius 1 is 1.22 bits per heavy atom. The Labute approximate surface area is 180 Å². The molecule has 0 radical (unpaired) electrons. The first-order chi connectivity index (χ1) is 15.1. The number of aromatic nitrogens is 4. The van der Waals surface area contributed by atoms with Crippen LogP contribution in [0.15, 0.2) is 43.8 Å². The number of nitrogens with zero attached hydrogens (tertiary/aromatic N) is 4. The van der Waals surface area contributed by atoms with Crippen molar-refractivity contribution in [2.24, 2.45) is 14.1 Å². The smallest absolute Gasteiger partial charge is 0.358 e. The topological polar surface area (TPSA) is 112 Å². The number of carbonyl (C=O) groups excluding carboxylic acids is 1. The molecule has 0 spiro atoms. The second kappa shape index (κ2) is 7.75. The minimum absolute atomic E-state index is 0.00791. The van der Waals surface area contributed by atoms with Crippen LogP contribution in [0.25, 0.3) is 22.3 Å². The fourth-order valence-corrected chi connectivity index (χ4v) is 3.81. The van der Waals surface area contributed by atoms with Crippen LogP contribution in [0.1, 0.15) is 11.3 Å². The Morgan fingerprint density at radius 3 is 2.69 bits per heavy atom. The van der Waals surface area contributed by atoms with Gasteiger partial charge in [-0.1, -0.05) is 17.3 Å². The Bertz CT molecular complexity index is 1460. The molecule has 32 heavy (non-hydrogen) atoms. The van der Waals surface area contributed by atoms with Crippen LogP contribution in [0.2, 0.25) is 0 Å². The minimum atomic E-state index is -4.48. The molecular weight excluding hydrogens is 451 g/mol. The van der Waals surface area contributed by atoms with Gasteiger partial charge < -0.3 is 9.84 Å². The van der Waals surface area contributed by atoms with Gasteiger partial charge in [-0.3, -0.25) is 18.7 Å². The Kier molecular flexibility index (Phi) is 5.20. The third kappa shape index (κ3) is 3.82. The summed E-state index contributed by atoms with van der Waals surface area (Å²) in [6, 6.07) is 4.69. The lowest BCUT2D eigenvalue weighted by atomic mass is 10.1. The largest absolute Gasteiger partial charge is 0.416 e.